The molecule has 4 unspecified atom stereocenters. The predicted octanol–water partition coefficient (Wildman–Crippen LogP) is 4.05. The molecule has 5 nitrogen and oxygen atoms in total. The number of rotatable bonds is 4. The van der Waals surface area contributed by atoms with Crippen molar-refractivity contribution in [1.82, 2.24) is 0 Å². The van der Waals surface area contributed by atoms with Crippen LogP contribution in [-0.4, -0.2) is 37.5 Å². The molecule has 0 saturated carbocycles. The largest absolute Gasteiger partial charge is 0.459 e. The van der Waals surface area contributed by atoms with Gasteiger partial charge in [-0.2, -0.15) is 0 Å². The second kappa shape index (κ2) is 8.44. The van der Waals surface area contributed by atoms with Gasteiger partial charge >= 0.3 is 0 Å². The van der Waals surface area contributed by atoms with Crippen molar-refractivity contribution in [2.24, 2.45) is 11.3 Å². The number of allylic oxidation sites excluding steroid dienone is 1. The summed E-state index contributed by atoms with van der Waals surface area (Å²) >= 11 is 0. The van der Waals surface area contributed by atoms with Crippen LogP contribution in [0.4, 0.5) is 0 Å². The van der Waals surface area contributed by atoms with E-state index in [9.17, 15) is 5.11 Å². The minimum Gasteiger partial charge on any atom is -0.459 e. The lowest BCUT2D eigenvalue weighted by atomic mass is 9.71. The first-order valence-corrected chi connectivity index (χ1v) is 9.34. The molecule has 0 aromatic rings. The smallest absolute Gasteiger partial charge is 0.260 e. The van der Waals surface area contributed by atoms with Crippen LogP contribution in [-0.2, 0) is 19.0 Å². The Balaban J connectivity index is 0.00000126. The molecule has 5 heteroatoms. The summed E-state index contributed by atoms with van der Waals surface area (Å²) in [6, 6.07) is 0. The van der Waals surface area contributed by atoms with E-state index in [0.717, 1.165) is 30.4 Å². The van der Waals surface area contributed by atoms with Gasteiger partial charge in [0.05, 0.1) is 18.5 Å². The zero-order valence-electron chi connectivity index (χ0n) is 17.1. The van der Waals surface area contributed by atoms with Crippen LogP contribution in [0.5, 0.6) is 0 Å². The van der Waals surface area contributed by atoms with Gasteiger partial charge in [0.25, 0.3) is 6.29 Å². The Morgan fingerprint density at radius 2 is 2.07 bits per heavy atom. The molecule has 27 heavy (non-hydrogen) atoms. The van der Waals surface area contributed by atoms with E-state index in [1.165, 1.54) is 11.1 Å². The molecule has 0 spiro atoms. The van der Waals surface area contributed by atoms with Crippen molar-refractivity contribution in [3.05, 3.63) is 47.0 Å². The Hall–Kier alpha value is -1.85. The third-order valence-electron chi connectivity index (χ3n) is 5.92. The second-order valence-corrected chi connectivity index (χ2v) is 8.10. The van der Waals surface area contributed by atoms with Gasteiger partial charge < -0.3 is 24.1 Å². The Morgan fingerprint density at radius 3 is 2.63 bits per heavy atom. The summed E-state index contributed by atoms with van der Waals surface area (Å²) in [4.78, 5) is 8.00. The number of carbonyl (C=O) groups is 1. The lowest BCUT2D eigenvalue weighted by Gasteiger charge is -2.37. The lowest BCUT2D eigenvalue weighted by Crippen LogP contribution is -2.33. The zero-order valence-corrected chi connectivity index (χ0v) is 17.1. The molecule has 0 aromatic carbocycles. The highest BCUT2D eigenvalue weighted by Crippen LogP contribution is 2.52. The minimum atomic E-state index is -0.408. The normalized spacial score (nSPS) is 32.3. The summed E-state index contributed by atoms with van der Waals surface area (Å²) in [5.74, 6) is 0.852. The lowest BCUT2D eigenvalue weighted by molar-refractivity contribution is -0.0980. The van der Waals surface area contributed by atoms with Crippen molar-refractivity contribution in [2.45, 2.75) is 65.5 Å². The van der Waals surface area contributed by atoms with Crippen LogP contribution in [0.3, 0.4) is 0 Å². The molecule has 1 heterocycles. The van der Waals surface area contributed by atoms with Gasteiger partial charge in [0.1, 0.15) is 12.5 Å². The summed E-state index contributed by atoms with van der Waals surface area (Å²) in [6.07, 6.45) is 5.60. The van der Waals surface area contributed by atoms with Gasteiger partial charge in [0.15, 0.2) is 0 Å². The minimum absolute atomic E-state index is 0.00320. The van der Waals surface area contributed by atoms with Crippen LogP contribution >= 0.6 is 0 Å². The summed E-state index contributed by atoms with van der Waals surface area (Å²) in [5.41, 5.74) is 4.64. The molecule has 0 fully saturated rings. The fourth-order valence-corrected chi connectivity index (χ4v) is 4.35. The van der Waals surface area contributed by atoms with Crippen LogP contribution in [0, 0.1) is 11.3 Å². The van der Waals surface area contributed by atoms with Crippen LogP contribution in [0.2, 0.25) is 0 Å². The zero-order chi connectivity index (χ0) is 20.4. The first-order chi connectivity index (χ1) is 12.7. The fraction of sp³-hybridized carbons (Fsp3) is 0.591. The van der Waals surface area contributed by atoms with E-state index in [0.29, 0.717) is 5.76 Å². The number of ether oxygens (including phenoxy) is 3. The van der Waals surface area contributed by atoms with Crippen LogP contribution in [0.1, 0.15) is 47.0 Å². The van der Waals surface area contributed by atoms with Crippen LogP contribution in [0.15, 0.2) is 47.0 Å². The Morgan fingerprint density at radius 1 is 1.41 bits per heavy atom. The summed E-state index contributed by atoms with van der Waals surface area (Å²) in [7, 11) is 1.76. The van der Waals surface area contributed by atoms with Gasteiger partial charge in [-0.15, -0.1) is 0 Å². The standard InChI is InChI=1S/C21H30O4.CH2O/c1-12-9-18(25-14(12)3)24-11-13(2)15-10-16-17(22)7-8-21(4,5)19(16)20(15)23-6;1-2/h9,11,15,17-18,20,22H,3,7-8,10H2,1-2,4-6H3;1H2/b13-11-;. The molecule has 2 aliphatic carbocycles. The maximum absolute atomic E-state index is 10.5. The van der Waals surface area contributed by atoms with Crippen molar-refractivity contribution in [1.29, 1.82) is 0 Å². The first kappa shape index (κ1) is 21.5. The van der Waals surface area contributed by atoms with E-state index >= 15 is 0 Å². The van der Waals surface area contributed by atoms with E-state index in [-0.39, 0.29) is 23.5 Å². The Labute approximate surface area is 162 Å². The van der Waals surface area contributed by atoms with Gasteiger partial charge in [-0.3, -0.25) is 0 Å². The maximum Gasteiger partial charge on any atom is 0.260 e. The molecule has 150 valence electrons. The molecule has 3 rings (SSSR count). The van der Waals surface area contributed by atoms with Crippen molar-refractivity contribution in [3.8, 4) is 0 Å². The highest BCUT2D eigenvalue weighted by molar-refractivity contribution is 5.39. The molecule has 0 bridgehead atoms. The quantitative estimate of drug-likeness (QED) is 0.592. The highest BCUT2D eigenvalue weighted by atomic mass is 16.7. The van der Waals surface area contributed by atoms with Crippen molar-refractivity contribution >= 4 is 6.79 Å². The molecule has 3 aliphatic rings. The molecular formula is C22H32O5. The number of methoxy groups -OCH3 is 1. The third kappa shape index (κ3) is 4.19. The number of aliphatic hydroxyl groups is 1. The van der Waals surface area contributed by atoms with Crippen molar-refractivity contribution < 1.29 is 24.1 Å². The number of carbonyl (C=O) groups excluding carboxylic acids is 1. The molecule has 0 aromatic heterocycles. The summed E-state index contributed by atoms with van der Waals surface area (Å²) in [6.45, 7) is 14.4. The Kier molecular flexibility index (Phi) is 6.71. The van der Waals surface area contributed by atoms with Gasteiger partial charge in [0.2, 0.25) is 0 Å². The van der Waals surface area contributed by atoms with Crippen molar-refractivity contribution in [3.63, 3.8) is 0 Å². The fourth-order valence-electron chi connectivity index (χ4n) is 4.35. The molecule has 1 aliphatic heterocycles. The summed E-state index contributed by atoms with van der Waals surface area (Å²) < 4.78 is 17.2. The van der Waals surface area contributed by atoms with E-state index in [2.05, 4.69) is 27.4 Å². The SMILES string of the molecule is C=C1OC(O/C=C(/C)C2CC3=C(C2OC)C(C)(C)CCC3O)C=C1C.C=O. The highest BCUT2D eigenvalue weighted by Gasteiger charge is 2.46. The Bertz CT molecular complexity index is 670. The van der Waals surface area contributed by atoms with Gasteiger partial charge in [-0.1, -0.05) is 20.4 Å². The van der Waals surface area contributed by atoms with E-state index in [1.54, 1.807) is 13.4 Å². The summed E-state index contributed by atoms with van der Waals surface area (Å²) in [5, 5.41) is 10.5. The van der Waals surface area contributed by atoms with Crippen molar-refractivity contribution in [2.75, 3.05) is 7.11 Å². The molecule has 0 amide bonds. The topological polar surface area (TPSA) is 65.0 Å². The average Bonchev–Trinajstić information content (AvgIpc) is 3.19. The van der Waals surface area contributed by atoms with Crippen LogP contribution in [0.25, 0.3) is 0 Å². The van der Waals surface area contributed by atoms with Gasteiger partial charge in [-0.05, 0) is 60.8 Å². The molecule has 0 saturated heterocycles. The third-order valence-corrected chi connectivity index (χ3v) is 5.92. The molecule has 0 radical (unpaired) electrons. The average molecular weight is 376 g/mol. The molecule has 1 N–H and O–H groups in total. The van der Waals surface area contributed by atoms with Gasteiger partial charge in [0, 0.05) is 19.1 Å². The van der Waals surface area contributed by atoms with E-state index in [4.69, 9.17) is 19.0 Å². The number of hydrogen-bond acceptors (Lipinski definition) is 5. The van der Waals surface area contributed by atoms with Crippen LogP contribution < -0.4 is 0 Å². The van der Waals surface area contributed by atoms with Gasteiger partial charge in [-0.25, -0.2) is 0 Å². The predicted molar refractivity (Wildman–Crippen MR) is 105 cm³/mol. The second-order valence-electron chi connectivity index (χ2n) is 8.10. The maximum atomic E-state index is 10.5. The molecule has 4 atom stereocenters. The molecular weight excluding hydrogens is 344 g/mol. The van der Waals surface area contributed by atoms with E-state index < -0.39 is 6.29 Å². The monoisotopic (exact) mass is 376 g/mol. The number of hydrogen-bond donors (Lipinski definition) is 1. The first-order valence-electron chi connectivity index (χ1n) is 9.34. The number of aliphatic hydroxyl groups excluding tert-OH is 1. The van der Waals surface area contributed by atoms with E-state index in [1.807, 2.05) is 19.8 Å².